The number of hydrogen-bond acceptors (Lipinski definition) is 4. The van der Waals surface area contributed by atoms with Crippen LogP contribution in [0.2, 0.25) is 0 Å². The van der Waals surface area contributed by atoms with E-state index in [9.17, 15) is 9.59 Å². The minimum atomic E-state index is -0.258. The van der Waals surface area contributed by atoms with Crippen molar-refractivity contribution < 1.29 is 4.79 Å². The van der Waals surface area contributed by atoms with Crippen molar-refractivity contribution in [3.8, 4) is 0 Å². The van der Waals surface area contributed by atoms with Crippen LogP contribution in [0.3, 0.4) is 0 Å². The number of hydrogen-bond donors (Lipinski definition) is 1. The average Bonchev–Trinajstić information content (AvgIpc) is 2.69. The number of fused-ring (bicyclic) bond motifs is 2. The van der Waals surface area contributed by atoms with Crippen LogP contribution >= 0.6 is 0 Å². The third-order valence-corrected chi connectivity index (χ3v) is 5.27. The van der Waals surface area contributed by atoms with Gasteiger partial charge in [-0.15, -0.1) is 0 Å². The third-order valence-electron chi connectivity index (χ3n) is 5.27. The van der Waals surface area contributed by atoms with Crippen molar-refractivity contribution in [1.82, 2.24) is 14.5 Å². The fraction of sp³-hybridized carbons (Fsp3) is 0.364. The highest BCUT2D eigenvalue weighted by Gasteiger charge is 2.15. The highest BCUT2D eigenvalue weighted by Crippen LogP contribution is 2.21. The normalized spacial score (nSPS) is 13.5. The minimum absolute atomic E-state index is 0.0786. The van der Waals surface area contributed by atoms with Crippen molar-refractivity contribution in [2.75, 3.05) is 5.32 Å². The number of rotatable bonds is 4. The Labute approximate surface area is 163 Å². The largest absolute Gasteiger partial charge is 0.325 e. The summed E-state index contributed by atoms with van der Waals surface area (Å²) in [5.41, 5.74) is 4.34. The second-order valence-electron chi connectivity index (χ2n) is 7.67. The summed E-state index contributed by atoms with van der Waals surface area (Å²) in [5.74, 6) is 0.179. The molecule has 0 spiro atoms. The van der Waals surface area contributed by atoms with Crippen LogP contribution in [0, 0.1) is 0 Å². The smallest absolute Gasteiger partial charge is 0.263 e. The molecule has 2 aromatic heterocycles. The van der Waals surface area contributed by atoms with Gasteiger partial charge in [-0.1, -0.05) is 26.0 Å². The molecule has 0 unspecified atom stereocenters. The summed E-state index contributed by atoms with van der Waals surface area (Å²) in [6, 6.07) is 9.67. The second kappa shape index (κ2) is 7.54. The lowest BCUT2D eigenvalue weighted by molar-refractivity contribution is -0.116. The molecule has 1 aliphatic carbocycles. The lowest BCUT2D eigenvalue weighted by Crippen LogP contribution is -2.28. The molecule has 1 aliphatic rings. The topological polar surface area (TPSA) is 76.9 Å². The van der Waals surface area contributed by atoms with Crippen LogP contribution in [0.1, 0.15) is 49.4 Å². The highest BCUT2D eigenvalue weighted by molar-refractivity contribution is 5.90. The molecule has 3 aromatic rings. The van der Waals surface area contributed by atoms with E-state index >= 15 is 0 Å². The van der Waals surface area contributed by atoms with Gasteiger partial charge in [-0.05, 0) is 60.9 Å². The molecular weight excluding hydrogens is 352 g/mol. The van der Waals surface area contributed by atoms with E-state index < -0.39 is 0 Å². The predicted molar refractivity (Wildman–Crippen MR) is 110 cm³/mol. The van der Waals surface area contributed by atoms with E-state index in [1.165, 1.54) is 16.5 Å². The summed E-state index contributed by atoms with van der Waals surface area (Å²) < 4.78 is 1.34. The third kappa shape index (κ3) is 3.67. The second-order valence-corrected chi connectivity index (χ2v) is 7.67. The molecule has 1 amide bonds. The zero-order valence-corrected chi connectivity index (χ0v) is 16.2. The van der Waals surface area contributed by atoms with Crippen molar-refractivity contribution in [2.24, 2.45) is 0 Å². The lowest BCUT2D eigenvalue weighted by atomic mass is 9.95. The molecule has 0 bridgehead atoms. The molecule has 6 nitrogen and oxygen atoms in total. The van der Waals surface area contributed by atoms with Gasteiger partial charge in [-0.25, -0.2) is 9.97 Å². The summed E-state index contributed by atoms with van der Waals surface area (Å²) in [6.45, 7) is 4.17. The van der Waals surface area contributed by atoms with E-state index in [0.717, 1.165) is 36.9 Å². The average molecular weight is 376 g/mol. The molecule has 0 saturated heterocycles. The van der Waals surface area contributed by atoms with E-state index in [4.69, 9.17) is 0 Å². The number of pyridine rings is 1. The Bertz CT molecular complexity index is 1080. The Morgan fingerprint density at radius 3 is 2.68 bits per heavy atom. The molecule has 0 saturated carbocycles. The SMILES string of the molecule is CC(C)c1ccc(NC(=O)Cn2cnc3nc4c(cc3c2=O)CCCC4)cc1. The standard InChI is InChI=1S/C22H24N4O2/c1-14(2)15-7-9-17(10-8-15)24-20(27)12-26-13-23-21-18(22(26)28)11-16-5-3-4-6-19(16)25-21/h7-11,13-14H,3-6,12H2,1-2H3,(H,24,27). The van der Waals surface area contributed by atoms with Crippen molar-refractivity contribution in [3.63, 3.8) is 0 Å². The van der Waals surface area contributed by atoms with Crippen LogP contribution in [0.4, 0.5) is 5.69 Å². The number of benzene rings is 1. The van der Waals surface area contributed by atoms with Gasteiger partial charge in [0.25, 0.3) is 5.56 Å². The van der Waals surface area contributed by atoms with Gasteiger partial charge in [0, 0.05) is 11.4 Å². The molecule has 0 aliphatic heterocycles. The Morgan fingerprint density at radius 2 is 1.93 bits per heavy atom. The molecule has 4 rings (SSSR count). The predicted octanol–water partition coefficient (Wildman–Crippen LogP) is 3.43. The van der Waals surface area contributed by atoms with Gasteiger partial charge in [-0.3, -0.25) is 14.2 Å². The fourth-order valence-electron chi connectivity index (χ4n) is 3.63. The van der Waals surface area contributed by atoms with E-state index in [2.05, 4.69) is 29.1 Å². The van der Waals surface area contributed by atoms with Crippen LogP contribution in [-0.2, 0) is 24.2 Å². The monoisotopic (exact) mass is 376 g/mol. The molecule has 0 atom stereocenters. The molecule has 2 heterocycles. The van der Waals surface area contributed by atoms with Gasteiger partial charge in [-0.2, -0.15) is 0 Å². The molecule has 0 radical (unpaired) electrons. The first-order valence-electron chi connectivity index (χ1n) is 9.79. The molecular formula is C22H24N4O2. The Kier molecular flexibility index (Phi) is 4.94. The van der Waals surface area contributed by atoms with Crippen molar-refractivity contribution in [1.29, 1.82) is 0 Å². The van der Waals surface area contributed by atoms with Crippen LogP contribution in [0.25, 0.3) is 11.0 Å². The number of amides is 1. The van der Waals surface area contributed by atoms with Gasteiger partial charge in [0.1, 0.15) is 12.9 Å². The molecule has 0 fully saturated rings. The number of carbonyl (C=O) groups is 1. The van der Waals surface area contributed by atoms with Crippen LogP contribution in [0.15, 0.2) is 41.5 Å². The van der Waals surface area contributed by atoms with Crippen LogP contribution in [0.5, 0.6) is 0 Å². The van der Waals surface area contributed by atoms with E-state index in [0.29, 0.717) is 22.6 Å². The summed E-state index contributed by atoms with van der Waals surface area (Å²) in [4.78, 5) is 34.1. The highest BCUT2D eigenvalue weighted by atomic mass is 16.2. The van der Waals surface area contributed by atoms with E-state index in [1.54, 1.807) is 0 Å². The van der Waals surface area contributed by atoms with Gasteiger partial charge in [0.05, 0.1) is 5.39 Å². The summed E-state index contributed by atoms with van der Waals surface area (Å²) in [7, 11) is 0. The molecule has 28 heavy (non-hydrogen) atoms. The molecule has 1 aromatic carbocycles. The summed E-state index contributed by atoms with van der Waals surface area (Å²) in [5, 5.41) is 3.32. The maximum atomic E-state index is 12.8. The summed E-state index contributed by atoms with van der Waals surface area (Å²) in [6.07, 6.45) is 5.54. The maximum Gasteiger partial charge on any atom is 0.263 e. The van der Waals surface area contributed by atoms with Gasteiger partial charge in [0.15, 0.2) is 5.65 Å². The zero-order chi connectivity index (χ0) is 19.7. The Morgan fingerprint density at radius 1 is 1.18 bits per heavy atom. The molecule has 1 N–H and O–H groups in total. The van der Waals surface area contributed by atoms with Crippen molar-refractivity contribution in [3.05, 3.63) is 63.8 Å². The number of aryl methyl sites for hydroxylation is 2. The zero-order valence-electron chi connectivity index (χ0n) is 16.2. The minimum Gasteiger partial charge on any atom is -0.325 e. The maximum absolute atomic E-state index is 12.8. The van der Waals surface area contributed by atoms with Gasteiger partial charge >= 0.3 is 0 Å². The van der Waals surface area contributed by atoms with Gasteiger partial charge < -0.3 is 5.32 Å². The van der Waals surface area contributed by atoms with Gasteiger partial charge in [0.2, 0.25) is 5.91 Å². The Hall–Kier alpha value is -3.02. The number of anilines is 1. The lowest BCUT2D eigenvalue weighted by Gasteiger charge is -2.15. The first-order chi connectivity index (χ1) is 13.5. The number of nitrogens with zero attached hydrogens (tertiary/aromatic N) is 3. The first-order valence-corrected chi connectivity index (χ1v) is 9.79. The van der Waals surface area contributed by atoms with Crippen LogP contribution < -0.4 is 10.9 Å². The number of nitrogens with one attached hydrogen (secondary N) is 1. The number of carbonyl (C=O) groups excluding carboxylic acids is 1. The fourth-order valence-corrected chi connectivity index (χ4v) is 3.63. The summed E-state index contributed by atoms with van der Waals surface area (Å²) >= 11 is 0. The molecule has 144 valence electrons. The van der Waals surface area contributed by atoms with E-state index in [-0.39, 0.29) is 18.0 Å². The van der Waals surface area contributed by atoms with Crippen LogP contribution in [-0.4, -0.2) is 20.4 Å². The number of aromatic nitrogens is 3. The Balaban J connectivity index is 1.54. The first kappa shape index (κ1) is 18.3. The quantitative estimate of drug-likeness (QED) is 0.757. The van der Waals surface area contributed by atoms with Crippen molar-refractivity contribution in [2.45, 2.75) is 52.0 Å². The van der Waals surface area contributed by atoms with Crippen molar-refractivity contribution >= 4 is 22.6 Å². The molecule has 6 heteroatoms. The van der Waals surface area contributed by atoms with E-state index in [1.807, 2.05) is 30.3 Å².